The lowest BCUT2D eigenvalue weighted by molar-refractivity contribution is -0.143. The summed E-state index contributed by atoms with van der Waals surface area (Å²) in [6, 6.07) is 13.2. The van der Waals surface area contributed by atoms with Crippen LogP contribution in [0, 0.1) is 0 Å². The van der Waals surface area contributed by atoms with Crippen molar-refractivity contribution in [2.45, 2.75) is 18.4 Å². The van der Waals surface area contributed by atoms with E-state index in [2.05, 4.69) is 4.99 Å². The Balaban J connectivity index is 1.63. The van der Waals surface area contributed by atoms with Gasteiger partial charge in [0, 0.05) is 18.7 Å². The SMILES string of the molecule is CCOC(=O)Cn1c(=NC(=O)c2ccc(S(=O)(=O)N3CCOCC3)cc2)sc2ccccc21. The van der Waals surface area contributed by atoms with Crippen LogP contribution in [0.4, 0.5) is 0 Å². The zero-order chi connectivity index (χ0) is 23.4. The lowest BCUT2D eigenvalue weighted by Crippen LogP contribution is -2.40. The van der Waals surface area contributed by atoms with E-state index in [0.717, 1.165) is 10.2 Å². The number of nitrogens with zero attached hydrogens (tertiary/aromatic N) is 3. The average molecular weight is 490 g/mol. The van der Waals surface area contributed by atoms with Crippen molar-refractivity contribution in [3.05, 3.63) is 58.9 Å². The highest BCUT2D eigenvalue weighted by atomic mass is 32.2. The van der Waals surface area contributed by atoms with E-state index in [1.165, 1.54) is 39.9 Å². The van der Waals surface area contributed by atoms with Crippen LogP contribution in [0.5, 0.6) is 0 Å². The fraction of sp³-hybridized carbons (Fsp3) is 0.318. The number of hydrogen-bond donors (Lipinski definition) is 0. The molecule has 1 amide bonds. The summed E-state index contributed by atoms with van der Waals surface area (Å²) in [6.07, 6.45) is 0. The minimum Gasteiger partial charge on any atom is -0.465 e. The Morgan fingerprint density at radius 3 is 2.48 bits per heavy atom. The van der Waals surface area contributed by atoms with E-state index in [1.54, 1.807) is 11.5 Å². The van der Waals surface area contributed by atoms with Gasteiger partial charge in [0.15, 0.2) is 4.80 Å². The molecule has 0 bridgehead atoms. The highest BCUT2D eigenvalue weighted by molar-refractivity contribution is 7.89. The highest BCUT2D eigenvalue weighted by Crippen LogP contribution is 2.19. The molecule has 0 radical (unpaired) electrons. The van der Waals surface area contributed by atoms with Gasteiger partial charge in [0.1, 0.15) is 6.54 Å². The number of rotatable bonds is 6. The third-order valence-corrected chi connectivity index (χ3v) is 8.06. The molecule has 11 heteroatoms. The summed E-state index contributed by atoms with van der Waals surface area (Å²) >= 11 is 1.29. The van der Waals surface area contributed by atoms with E-state index in [0.29, 0.717) is 31.1 Å². The van der Waals surface area contributed by atoms with Crippen LogP contribution in [0.1, 0.15) is 17.3 Å². The first-order valence-electron chi connectivity index (χ1n) is 10.4. The maximum absolute atomic E-state index is 12.9. The number of ether oxygens (including phenoxy) is 2. The zero-order valence-corrected chi connectivity index (χ0v) is 19.6. The van der Waals surface area contributed by atoms with Crippen LogP contribution in [-0.4, -0.2) is 62.1 Å². The second-order valence-corrected chi connectivity index (χ2v) is 10.1. The molecule has 4 rings (SSSR count). The van der Waals surface area contributed by atoms with Crippen LogP contribution < -0.4 is 4.80 Å². The molecule has 1 aliphatic rings. The lowest BCUT2D eigenvalue weighted by atomic mass is 10.2. The van der Waals surface area contributed by atoms with Gasteiger partial charge in [-0.3, -0.25) is 9.59 Å². The second-order valence-electron chi connectivity index (χ2n) is 7.20. The van der Waals surface area contributed by atoms with Gasteiger partial charge in [-0.05, 0) is 43.3 Å². The summed E-state index contributed by atoms with van der Waals surface area (Å²) in [4.78, 5) is 29.6. The van der Waals surface area contributed by atoms with Gasteiger partial charge in [0.05, 0.1) is 34.9 Å². The van der Waals surface area contributed by atoms with Crippen molar-refractivity contribution in [3.63, 3.8) is 0 Å². The van der Waals surface area contributed by atoms with Crippen LogP contribution in [0.3, 0.4) is 0 Å². The minimum atomic E-state index is -3.65. The molecule has 2 aromatic carbocycles. The number of carbonyl (C=O) groups excluding carboxylic acids is 2. The highest BCUT2D eigenvalue weighted by Gasteiger charge is 2.26. The van der Waals surface area contributed by atoms with Gasteiger partial charge in [-0.15, -0.1) is 0 Å². The number of esters is 1. The molecule has 0 N–H and O–H groups in total. The van der Waals surface area contributed by atoms with Gasteiger partial charge >= 0.3 is 5.97 Å². The number of thiazole rings is 1. The lowest BCUT2D eigenvalue weighted by Gasteiger charge is -2.26. The smallest absolute Gasteiger partial charge is 0.326 e. The van der Waals surface area contributed by atoms with Crippen LogP contribution in [-0.2, 0) is 30.8 Å². The van der Waals surface area contributed by atoms with Crippen molar-refractivity contribution < 1.29 is 27.5 Å². The van der Waals surface area contributed by atoms with Crippen LogP contribution in [0.25, 0.3) is 10.2 Å². The topological polar surface area (TPSA) is 107 Å². The number of fused-ring (bicyclic) bond motifs is 1. The van der Waals surface area contributed by atoms with Crippen molar-refractivity contribution in [2.75, 3.05) is 32.9 Å². The number of amides is 1. The second kappa shape index (κ2) is 9.96. The monoisotopic (exact) mass is 489 g/mol. The Bertz CT molecular complexity index is 1340. The first-order valence-corrected chi connectivity index (χ1v) is 12.7. The summed E-state index contributed by atoms with van der Waals surface area (Å²) in [5.41, 5.74) is 1.02. The molecule has 0 atom stereocenters. The number of sulfonamides is 1. The minimum absolute atomic E-state index is 0.0688. The van der Waals surface area contributed by atoms with Gasteiger partial charge in [-0.1, -0.05) is 23.5 Å². The van der Waals surface area contributed by atoms with Crippen molar-refractivity contribution in [3.8, 4) is 0 Å². The van der Waals surface area contributed by atoms with Gasteiger partial charge in [-0.2, -0.15) is 9.30 Å². The largest absolute Gasteiger partial charge is 0.465 e. The van der Waals surface area contributed by atoms with Gasteiger partial charge in [0.25, 0.3) is 5.91 Å². The van der Waals surface area contributed by atoms with Crippen molar-refractivity contribution in [1.82, 2.24) is 8.87 Å². The molecule has 1 fully saturated rings. The fourth-order valence-electron chi connectivity index (χ4n) is 3.45. The third-order valence-electron chi connectivity index (χ3n) is 5.09. The van der Waals surface area contributed by atoms with Crippen molar-refractivity contribution >= 4 is 43.5 Å². The number of carbonyl (C=O) groups is 2. The van der Waals surface area contributed by atoms with E-state index >= 15 is 0 Å². The van der Waals surface area contributed by atoms with E-state index in [1.807, 2.05) is 24.3 Å². The van der Waals surface area contributed by atoms with Gasteiger partial charge < -0.3 is 14.0 Å². The summed E-state index contributed by atoms with van der Waals surface area (Å²) in [5.74, 6) is -0.956. The third kappa shape index (κ3) is 5.06. The molecule has 0 spiro atoms. The number of morpholine rings is 1. The summed E-state index contributed by atoms with van der Waals surface area (Å²) < 4.78 is 39.7. The van der Waals surface area contributed by atoms with Crippen LogP contribution in [0.15, 0.2) is 58.4 Å². The van der Waals surface area contributed by atoms with E-state index < -0.39 is 21.9 Å². The molecule has 1 aromatic heterocycles. The van der Waals surface area contributed by atoms with Crippen LogP contribution >= 0.6 is 11.3 Å². The quantitative estimate of drug-likeness (QED) is 0.491. The van der Waals surface area contributed by atoms with E-state index in [4.69, 9.17) is 9.47 Å². The Hall–Kier alpha value is -2.86. The van der Waals surface area contributed by atoms with Crippen molar-refractivity contribution in [1.29, 1.82) is 0 Å². The molecule has 0 unspecified atom stereocenters. The van der Waals surface area contributed by atoms with Crippen LogP contribution in [0.2, 0.25) is 0 Å². The normalized spacial score (nSPS) is 15.6. The molecule has 174 valence electrons. The molecule has 1 aliphatic heterocycles. The summed E-state index contributed by atoms with van der Waals surface area (Å²) in [5, 5.41) is 0. The molecule has 1 saturated heterocycles. The molecular weight excluding hydrogens is 466 g/mol. The number of hydrogen-bond acceptors (Lipinski definition) is 7. The zero-order valence-electron chi connectivity index (χ0n) is 18.0. The van der Waals surface area contributed by atoms with Crippen molar-refractivity contribution in [2.24, 2.45) is 4.99 Å². The predicted molar refractivity (Wildman–Crippen MR) is 122 cm³/mol. The summed E-state index contributed by atoms with van der Waals surface area (Å²) in [6.45, 7) is 3.22. The molecular formula is C22H23N3O6S2. The fourth-order valence-corrected chi connectivity index (χ4v) is 5.89. The molecule has 3 aromatic rings. The molecule has 33 heavy (non-hydrogen) atoms. The number of aromatic nitrogens is 1. The Morgan fingerprint density at radius 2 is 1.79 bits per heavy atom. The predicted octanol–water partition coefficient (Wildman–Crippen LogP) is 2.03. The maximum atomic E-state index is 12.9. The molecule has 9 nitrogen and oxygen atoms in total. The molecule has 2 heterocycles. The maximum Gasteiger partial charge on any atom is 0.326 e. The van der Waals surface area contributed by atoms with Gasteiger partial charge in [-0.25, -0.2) is 8.42 Å². The number of para-hydroxylation sites is 1. The number of benzene rings is 2. The average Bonchev–Trinajstić information content (AvgIpc) is 3.16. The van der Waals surface area contributed by atoms with Gasteiger partial charge in [0.2, 0.25) is 10.0 Å². The summed E-state index contributed by atoms with van der Waals surface area (Å²) in [7, 11) is -3.65. The first-order chi connectivity index (χ1) is 15.9. The Labute approximate surface area is 194 Å². The Morgan fingerprint density at radius 1 is 1.09 bits per heavy atom. The first kappa shape index (κ1) is 23.3. The standard InChI is InChI=1S/C22H23N3O6S2/c1-2-31-20(26)15-25-18-5-3-4-6-19(18)32-22(25)23-21(27)16-7-9-17(10-8-16)33(28,29)24-11-13-30-14-12-24/h3-10H,2,11-15H2,1H3. The molecule has 0 saturated carbocycles. The Kier molecular flexibility index (Phi) is 7.03. The van der Waals surface area contributed by atoms with E-state index in [-0.39, 0.29) is 23.6 Å². The molecule has 0 aliphatic carbocycles. The van der Waals surface area contributed by atoms with E-state index in [9.17, 15) is 18.0 Å².